The van der Waals surface area contributed by atoms with Crippen LogP contribution in [0.2, 0.25) is 5.02 Å². The summed E-state index contributed by atoms with van der Waals surface area (Å²) in [4.78, 5) is 16.5. The lowest BCUT2D eigenvalue weighted by atomic mass is 10.2. The Hall–Kier alpha value is -1.26. The first kappa shape index (κ1) is 13.7. The largest absolute Gasteiger partial charge is 0.350 e. The average molecular weight is 307 g/mol. The number of hydrogen-bond acceptors (Lipinski definition) is 3. The molecule has 1 atom stereocenters. The molecule has 1 aromatic heterocycles. The van der Waals surface area contributed by atoms with E-state index in [-0.39, 0.29) is 5.91 Å². The first-order valence-corrected chi connectivity index (χ1v) is 8.12. The fourth-order valence-corrected chi connectivity index (χ4v) is 3.82. The summed E-state index contributed by atoms with van der Waals surface area (Å²) in [5, 5.41) is 4.93. The number of aromatic nitrogens is 1. The maximum absolute atomic E-state index is 12.2. The van der Waals surface area contributed by atoms with Crippen molar-refractivity contribution in [2.45, 2.75) is 18.1 Å². The maximum atomic E-state index is 12.2. The third kappa shape index (κ3) is 2.91. The second-order valence-corrected chi connectivity index (χ2v) is 6.67. The normalized spacial score (nSPS) is 18.4. The van der Waals surface area contributed by atoms with Crippen molar-refractivity contribution in [3.63, 3.8) is 0 Å². The standard InChI is InChI=1S/C15H15ClN2OS/c16-12-8-14(18-13-6-2-1-5-11(12)13)15(19)17-9-10-4-3-7-20-10/h1-2,5-6,8,10H,3-4,7,9H2,(H,17,19). The third-order valence-corrected chi connectivity index (χ3v) is 5.12. The molecule has 1 amide bonds. The van der Waals surface area contributed by atoms with E-state index >= 15 is 0 Å². The summed E-state index contributed by atoms with van der Waals surface area (Å²) in [5.41, 5.74) is 1.14. The van der Waals surface area contributed by atoms with Gasteiger partial charge in [-0.25, -0.2) is 4.98 Å². The van der Waals surface area contributed by atoms with Crippen LogP contribution in [0.5, 0.6) is 0 Å². The molecular formula is C15H15ClN2OS. The number of amides is 1. The lowest BCUT2D eigenvalue weighted by Crippen LogP contribution is -2.30. The SMILES string of the molecule is O=C(NCC1CCCS1)c1cc(Cl)c2ccccc2n1. The van der Waals surface area contributed by atoms with Crippen molar-refractivity contribution in [3.05, 3.63) is 41.0 Å². The van der Waals surface area contributed by atoms with Crippen molar-refractivity contribution >= 4 is 40.2 Å². The van der Waals surface area contributed by atoms with Gasteiger partial charge < -0.3 is 5.32 Å². The van der Waals surface area contributed by atoms with Crippen LogP contribution in [0, 0.1) is 0 Å². The zero-order chi connectivity index (χ0) is 13.9. The van der Waals surface area contributed by atoms with Gasteiger partial charge in [-0.15, -0.1) is 0 Å². The van der Waals surface area contributed by atoms with Gasteiger partial charge >= 0.3 is 0 Å². The van der Waals surface area contributed by atoms with Crippen LogP contribution in [-0.4, -0.2) is 28.4 Å². The molecule has 5 heteroatoms. The van der Waals surface area contributed by atoms with E-state index in [1.807, 2.05) is 36.0 Å². The maximum Gasteiger partial charge on any atom is 0.269 e. The molecule has 0 aliphatic carbocycles. The smallest absolute Gasteiger partial charge is 0.269 e. The van der Waals surface area contributed by atoms with Gasteiger partial charge in [0, 0.05) is 17.2 Å². The fourth-order valence-electron chi connectivity index (χ4n) is 2.35. The Morgan fingerprint density at radius 3 is 3.10 bits per heavy atom. The first-order valence-electron chi connectivity index (χ1n) is 6.69. The highest BCUT2D eigenvalue weighted by Gasteiger charge is 2.17. The Morgan fingerprint density at radius 2 is 2.30 bits per heavy atom. The molecule has 3 rings (SSSR count). The van der Waals surface area contributed by atoms with Crippen LogP contribution in [0.25, 0.3) is 10.9 Å². The lowest BCUT2D eigenvalue weighted by molar-refractivity contribution is 0.0949. The predicted molar refractivity (Wildman–Crippen MR) is 84.6 cm³/mol. The Morgan fingerprint density at radius 1 is 1.45 bits per heavy atom. The average Bonchev–Trinajstić information content (AvgIpc) is 2.98. The van der Waals surface area contributed by atoms with Crippen molar-refractivity contribution in [2.24, 2.45) is 0 Å². The zero-order valence-corrected chi connectivity index (χ0v) is 12.5. The van der Waals surface area contributed by atoms with Gasteiger partial charge in [0.25, 0.3) is 5.91 Å². The second-order valence-electron chi connectivity index (χ2n) is 4.85. The molecule has 0 saturated carbocycles. The van der Waals surface area contributed by atoms with Gasteiger partial charge in [0.1, 0.15) is 5.69 Å². The molecular weight excluding hydrogens is 292 g/mol. The number of hydrogen-bond donors (Lipinski definition) is 1. The minimum atomic E-state index is -0.148. The van der Waals surface area contributed by atoms with Gasteiger partial charge in [-0.3, -0.25) is 4.79 Å². The number of thioether (sulfide) groups is 1. The molecule has 1 saturated heterocycles. The highest BCUT2D eigenvalue weighted by molar-refractivity contribution is 8.00. The molecule has 3 nitrogen and oxygen atoms in total. The van der Waals surface area contributed by atoms with E-state index in [0.717, 1.165) is 10.9 Å². The van der Waals surface area contributed by atoms with Crippen LogP contribution in [0.4, 0.5) is 0 Å². The summed E-state index contributed by atoms with van der Waals surface area (Å²) in [5.74, 6) is 1.05. The molecule has 1 fully saturated rings. The monoisotopic (exact) mass is 306 g/mol. The third-order valence-electron chi connectivity index (χ3n) is 3.41. The summed E-state index contributed by atoms with van der Waals surface area (Å²) in [7, 11) is 0. The number of nitrogens with one attached hydrogen (secondary N) is 1. The number of para-hydroxylation sites is 1. The predicted octanol–water partition coefficient (Wildman–Crippen LogP) is 3.51. The number of halogens is 1. The molecule has 104 valence electrons. The number of fused-ring (bicyclic) bond motifs is 1. The molecule has 1 aromatic carbocycles. The number of carbonyl (C=O) groups is 1. The van der Waals surface area contributed by atoms with Gasteiger partial charge in [0.15, 0.2) is 0 Å². The number of pyridine rings is 1. The lowest BCUT2D eigenvalue weighted by Gasteiger charge is -2.10. The topological polar surface area (TPSA) is 42.0 Å². The van der Waals surface area contributed by atoms with Crippen molar-refractivity contribution in [1.29, 1.82) is 0 Å². The molecule has 1 aliphatic heterocycles. The molecule has 20 heavy (non-hydrogen) atoms. The highest BCUT2D eigenvalue weighted by Crippen LogP contribution is 2.25. The number of benzene rings is 1. The minimum Gasteiger partial charge on any atom is -0.350 e. The van der Waals surface area contributed by atoms with Crippen LogP contribution < -0.4 is 5.32 Å². The van der Waals surface area contributed by atoms with E-state index < -0.39 is 0 Å². The van der Waals surface area contributed by atoms with Crippen molar-refractivity contribution in [1.82, 2.24) is 10.3 Å². The van der Waals surface area contributed by atoms with Crippen LogP contribution in [0.3, 0.4) is 0 Å². The van der Waals surface area contributed by atoms with Gasteiger partial charge in [-0.05, 0) is 30.7 Å². The summed E-state index contributed by atoms with van der Waals surface area (Å²) in [6.07, 6.45) is 2.42. The molecule has 1 unspecified atom stereocenters. The second kappa shape index (κ2) is 6.02. The number of carbonyl (C=O) groups excluding carboxylic acids is 1. The Balaban J connectivity index is 1.77. The van der Waals surface area contributed by atoms with Gasteiger partial charge in [0.05, 0.1) is 10.5 Å². The van der Waals surface area contributed by atoms with Crippen LogP contribution in [-0.2, 0) is 0 Å². The Bertz CT molecular complexity index is 641. The van der Waals surface area contributed by atoms with E-state index in [4.69, 9.17) is 11.6 Å². The molecule has 0 bridgehead atoms. The summed E-state index contributed by atoms with van der Waals surface area (Å²) >= 11 is 8.13. The number of nitrogens with zero attached hydrogens (tertiary/aromatic N) is 1. The van der Waals surface area contributed by atoms with Crippen molar-refractivity contribution in [3.8, 4) is 0 Å². The van der Waals surface area contributed by atoms with Crippen molar-refractivity contribution in [2.75, 3.05) is 12.3 Å². The Labute approximate surface area is 127 Å². The minimum absolute atomic E-state index is 0.148. The van der Waals surface area contributed by atoms with E-state index in [2.05, 4.69) is 10.3 Å². The van der Waals surface area contributed by atoms with Crippen LogP contribution >= 0.6 is 23.4 Å². The molecule has 0 spiro atoms. The first-order chi connectivity index (χ1) is 9.74. The quantitative estimate of drug-likeness (QED) is 0.943. The van der Waals surface area contributed by atoms with Crippen LogP contribution in [0.15, 0.2) is 30.3 Å². The fraction of sp³-hybridized carbons (Fsp3) is 0.333. The summed E-state index contributed by atoms with van der Waals surface area (Å²) in [6, 6.07) is 9.21. The molecule has 2 heterocycles. The summed E-state index contributed by atoms with van der Waals surface area (Å²) < 4.78 is 0. The highest BCUT2D eigenvalue weighted by atomic mass is 35.5. The Kier molecular flexibility index (Phi) is 4.13. The summed E-state index contributed by atoms with van der Waals surface area (Å²) in [6.45, 7) is 0.704. The van der Waals surface area contributed by atoms with E-state index in [1.165, 1.54) is 18.6 Å². The van der Waals surface area contributed by atoms with Crippen molar-refractivity contribution < 1.29 is 4.79 Å². The molecule has 2 aromatic rings. The number of rotatable bonds is 3. The molecule has 0 radical (unpaired) electrons. The zero-order valence-electron chi connectivity index (χ0n) is 10.9. The van der Waals surface area contributed by atoms with Gasteiger partial charge in [0.2, 0.25) is 0 Å². The molecule has 1 N–H and O–H groups in total. The van der Waals surface area contributed by atoms with E-state index in [1.54, 1.807) is 6.07 Å². The van der Waals surface area contributed by atoms with Gasteiger partial charge in [-0.1, -0.05) is 29.8 Å². The van der Waals surface area contributed by atoms with Crippen LogP contribution in [0.1, 0.15) is 23.3 Å². The van der Waals surface area contributed by atoms with E-state index in [0.29, 0.717) is 22.5 Å². The van der Waals surface area contributed by atoms with E-state index in [9.17, 15) is 4.79 Å². The van der Waals surface area contributed by atoms with Gasteiger partial charge in [-0.2, -0.15) is 11.8 Å². The molecule has 1 aliphatic rings.